The first kappa shape index (κ1) is 9.02. The number of nitrogens with zero attached hydrogens (tertiary/aromatic N) is 2. The van der Waals surface area contributed by atoms with Crippen LogP contribution in [0.15, 0.2) is 12.1 Å². The Hall–Kier alpha value is -2.07. The molecule has 1 N–H and O–H groups in total. The van der Waals surface area contributed by atoms with Gasteiger partial charge in [-0.25, -0.2) is 4.39 Å². The molecule has 0 unspecified atom stereocenters. The van der Waals surface area contributed by atoms with E-state index in [9.17, 15) is 4.39 Å². The van der Waals surface area contributed by atoms with Gasteiger partial charge in [0.15, 0.2) is 11.6 Å². The number of halogens is 1. The molecule has 64 valence electrons. The second-order valence-corrected chi connectivity index (χ2v) is 2.41. The average molecular weight is 176 g/mol. The van der Waals surface area contributed by atoms with Crippen LogP contribution < -0.4 is 0 Å². The number of benzene rings is 1. The van der Waals surface area contributed by atoms with E-state index >= 15 is 0 Å². The first-order valence-corrected chi connectivity index (χ1v) is 3.47. The maximum atomic E-state index is 12.7. The highest BCUT2D eigenvalue weighted by Crippen LogP contribution is 2.20. The van der Waals surface area contributed by atoms with E-state index in [1.807, 2.05) is 6.07 Å². The Kier molecular flexibility index (Phi) is 2.47. The first-order chi connectivity index (χ1) is 6.19. The fourth-order valence-electron chi connectivity index (χ4n) is 0.941. The van der Waals surface area contributed by atoms with Crippen molar-refractivity contribution in [2.75, 3.05) is 0 Å². The number of nitriles is 2. The van der Waals surface area contributed by atoms with Crippen molar-refractivity contribution in [3.63, 3.8) is 0 Å². The van der Waals surface area contributed by atoms with E-state index in [-0.39, 0.29) is 12.0 Å². The summed E-state index contributed by atoms with van der Waals surface area (Å²) in [4.78, 5) is 0. The van der Waals surface area contributed by atoms with Gasteiger partial charge in [-0.05, 0) is 17.7 Å². The molecule has 0 fully saturated rings. The maximum absolute atomic E-state index is 12.7. The Morgan fingerprint density at radius 2 is 2.08 bits per heavy atom. The lowest BCUT2D eigenvalue weighted by atomic mass is 10.1. The summed E-state index contributed by atoms with van der Waals surface area (Å²) in [5.41, 5.74) is 0.417. The predicted molar refractivity (Wildman–Crippen MR) is 42.1 cm³/mol. The first-order valence-electron chi connectivity index (χ1n) is 3.47. The molecule has 13 heavy (non-hydrogen) atoms. The van der Waals surface area contributed by atoms with E-state index < -0.39 is 11.6 Å². The monoisotopic (exact) mass is 176 g/mol. The molecule has 0 bridgehead atoms. The van der Waals surface area contributed by atoms with Gasteiger partial charge in [-0.15, -0.1) is 0 Å². The van der Waals surface area contributed by atoms with Crippen LogP contribution in [0.5, 0.6) is 5.75 Å². The molecule has 1 aromatic rings. The second-order valence-electron chi connectivity index (χ2n) is 2.41. The quantitative estimate of drug-likeness (QED) is 0.704. The van der Waals surface area contributed by atoms with Crippen molar-refractivity contribution in [3.8, 4) is 17.9 Å². The van der Waals surface area contributed by atoms with E-state index in [0.717, 1.165) is 12.1 Å². The van der Waals surface area contributed by atoms with Gasteiger partial charge in [-0.2, -0.15) is 10.5 Å². The van der Waals surface area contributed by atoms with Gasteiger partial charge < -0.3 is 5.11 Å². The van der Waals surface area contributed by atoms with Crippen LogP contribution in [-0.4, -0.2) is 5.11 Å². The molecule has 0 atom stereocenters. The summed E-state index contributed by atoms with van der Waals surface area (Å²) in [6, 6.07) is 5.58. The third kappa shape index (κ3) is 1.74. The highest BCUT2D eigenvalue weighted by Gasteiger charge is 2.07. The summed E-state index contributed by atoms with van der Waals surface area (Å²) in [7, 11) is 0. The van der Waals surface area contributed by atoms with Gasteiger partial charge in [-0.1, -0.05) is 0 Å². The van der Waals surface area contributed by atoms with Crippen LogP contribution in [0.3, 0.4) is 0 Å². The van der Waals surface area contributed by atoms with Crippen LogP contribution in [0.4, 0.5) is 4.39 Å². The highest BCUT2D eigenvalue weighted by molar-refractivity contribution is 5.44. The minimum atomic E-state index is -0.849. The molecule has 0 heterocycles. The van der Waals surface area contributed by atoms with Crippen molar-refractivity contribution in [3.05, 3.63) is 29.1 Å². The molecule has 0 aliphatic heterocycles. The number of phenols is 1. The zero-order valence-electron chi connectivity index (χ0n) is 6.58. The van der Waals surface area contributed by atoms with Crippen LogP contribution in [0.1, 0.15) is 11.1 Å². The van der Waals surface area contributed by atoms with Gasteiger partial charge in [0.1, 0.15) is 0 Å². The van der Waals surface area contributed by atoms with Crippen LogP contribution in [0.2, 0.25) is 0 Å². The Morgan fingerprint density at radius 1 is 1.38 bits per heavy atom. The third-order valence-corrected chi connectivity index (χ3v) is 1.56. The SMILES string of the molecule is N#CCc1cc(O)c(F)cc1C#N. The lowest BCUT2D eigenvalue weighted by Gasteiger charge is -2.00. The van der Waals surface area contributed by atoms with Gasteiger partial charge >= 0.3 is 0 Å². The Bertz CT molecular complexity index is 415. The molecule has 0 amide bonds. The molecule has 0 aliphatic carbocycles. The molecule has 0 saturated heterocycles. The highest BCUT2D eigenvalue weighted by atomic mass is 19.1. The van der Waals surface area contributed by atoms with Gasteiger partial charge in [0, 0.05) is 0 Å². The minimum Gasteiger partial charge on any atom is -0.505 e. The van der Waals surface area contributed by atoms with E-state index in [1.54, 1.807) is 6.07 Å². The molecule has 0 aromatic heterocycles. The smallest absolute Gasteiger partial charge is 0.166 e. The molecule has 0 radical (unpaired) electrons. The van der Waals surface area contributed by atoms with E-state index in [0.29, 0.717) is 5.56 Å². The van der Waals surface area contributed by atoms with Gasteiger partial charge in [0.25, 0.3) is 0 Å². The van der Waals surface area contributed by atoms with Crippen LogP contribution in [0.25, 0.3) is 0 Å². The zero-order valence-corrected chi connectivity index (χ0v) is 6.58. The Labute approximate surface area is 74.3 Å². The Balaban J connectivity index is 3.28. The minimum absolute atomic E-state index is 0.0171. The number of hydrogen-bond acceptors (Lipinski definition) is 3. The number of rotatable bonds is 1. The number of phenolic OH excluding ortho intramolecular Hbond substituents is 1. The molecule has 0 spiro atoms. The summed E-state index contributed by atoms with van der Waals surface area (Å²) in [6.45, 7) is 0. The average Bonchev–Trinajstić information content (AvgIpc) is 2.11. The number of aromatic hydroxyl groups is 1. The molecule has 1 aromatic carbocycles. The van der Waals surface area contributed by atoms with Crippen LogP contribution >= 0.6 is 0 Å². The van der Waals surface area contributed by atoms with E-state index in [2.05, 4.69) is 0 Å². The second kappa shape index (κ2) is 3.55. The van der Waals surface area contributed by atoms with Crippen LogP contribution in [-0.2, 0) is 6.42 Å². The van der Waals surface area contributed by atoms with E-state index in [4.69, 9.17) is 15.6 Å². The third-order valence-electron chi connectivity index (χ3n) is 1.56. The summed E-state index contributed by atoms with van der Waals surface area (Å²) in [6.07, 6.45) is -0.0171. The molecule has 1 rings (SSSR count). The molecular weight excluding hydrogens is 171 g/mol. The van der Waals surface area contributed by atoms with Crippen molar-refractivity contribution < 1.29 is 9.50 Å². The standard InChI is InChI=1S/C9H5FN2O/c10-8-3-7(5-12)6(1-2-11)4-9(8)13/h3-4,13H,1H2. The van der Waals surface area contributed by atoms with Gasteiger partial charge in [0.2, 0.25) is 0 Å². The number of hydrogen-bond donors (Lipinski definition) is 1. The summed E-state index contributed by atoms with van der Waals surface area (Å²) < 4.78 is 12.7. The van der Waals surface area contributed by atoms with Crippen molar-refractivity contribution in [1.29, 1.82) is 10.5 Å². The van der Waals surface area contributed by atoms with Crippen molar-refractivity contribution in [1.82, 2.24) is 0 Å². The lowest BCUT2D eigenvalue weighted by Crippen LogP contribution is -1.90. The Morgan fingerprint density at radius 3 is 2.62 bits per heavy atom. The maximum Gasteiger partial charge on any atom is 0.166 e. The predicted octanol–water partition coefficient (Wildman–Crippen LogP) is 1.47. The fraction of sp³-hybridized carbons (Fsp3) is 0.111. The lowest BCUT2D eigenvalue weighted by molar-refractivity contribution is 0.431. The van der Waals surface area contributed by atoms with Crippen molar-refractivity contribution >= 4 is 0 Å². The fourth-order valence-corrected chi connectivity index (χ4v) is 0.941. The summed E-state index contributed by atoms with van der Waals surface area (Å²) in [5.74, 6) is -1.39. The van der Waals surface area contributed by atoms with Crippen molar-refractivity contribution in [2.24, 2.45) is 0 Å². The normalized spacial score (nSPS) is 8.85. The van der Waals surface area contributed by atoms with Gasteiger partial charge in [-0.3, -0.25) is 0 Å². The van der Waals surface area contributed by atoms with E-state index in [1.165, 1.54) is 0 Å². The summed E-state index contributed by atoms with van der Waals surface area (Å²) >= 11 is 0. The molecule has 0 saturated carbocycles. The largest absolute Gasteiger partial charge is 0.505 e. The molecular formula is C9H5FN2O. The molecule has 4 heteroatoms. The van der Waals surface area contributed by atoms with Crippen molar-refractivity contribution in [2.45, 2.75) is 6.42 Å². The van der Waals surface area contributed by atoms with Gasteiger partial charge in [0.05, 0.1) is 24.1 Å². The molecule has 3 nitrogen and oxygen atoms in total. The van der Waals surface area contributed by atoms with Crippen LogP contribution in [0, 0.1) is 28.5 Å². The topological polar surface area (TPSA) is 67.8 Å². The molecule has 0 aliphatic rings. The zero-order chi connectivity index (χ0) is 9.84. The summed E-state index contributed by atoms with van der Waals surface area (Å²) in [5, 5.41) is 25.9.